The molecule has 4 rings (SSSR count). The number of hydrogen-bond donors (Lipinski definition) is 2. The summed E-state index contributed by atoms with van der Waals surface area (Å²) in [7, 11) is 1.66. The Morgan fingerprint density at radius 2 is 1.77 bits per heavy atom. The Bertz CT molecular complexity index is 1340. The summed E-state index contributed by atoms with van der Waals surface area (Å²) in [5.74, 6) is -0.351. The van der Waals surface area contributed by atoms with Crippen molar-refractivity contribution in [2.45, 2.75) is 6.42 Å². The van der Waals surface area contributed by atoms with Crippen LogP contribution in [0.15, 0.2) is 70.4 Å². The van der Waals surface area contributed by atoms with E-state index in [1.165, 1.54) is 0 Å². The fourth-order valence-corrected chi connectivity index (χ4v) is 3.56. The van der Waals surface area contributed by atoms with Crippen LogP contribution in [0.25, 0.3) is 16.7 Å². The summed E-state index contributed by atoms with van der Waals surface area (Å²) in [5, 5.41) is 3.34. The minimum atomic E-state index is -0.626. The van der Waals surface area contributed by atoms with Gasteiger partial charge in [-0.05, 0) is 36.2 Å². The summed E-state index contributed by atoms with van der Waals surface area (Å²) in [6.07, 6.45) is 2.23. The van der Waals surface area contributed by atoms with E-state index in [1.54, 1.807) is 42.1 Å². The number of aromatic amines is 1. The highest BCUT2D eigenvalue weighted by molar-refractivity contribution is 6.30. The van der Waals surface area contributed by atoms with Gasteiger partial charge in [-0.1, -0.05) is 41.9 Å². The lowest BCUT2D eigenvalue weighted by Gasteiger charge is -2.07. The number of rotatable bonds is 5. The molecule has 0 atom stereocenters. The molecule has 0 saturated heterocycles. The second-order valence-electron chi connectivity index (χ2n) is 6.92. The third-order valence-electron chi connectivity index (χ3n) is 4.89. The number of hydrogen-bond acceptors (Lipinski definition) is 3. The highest BCUT2D eigenvalue weighted by Crippen LogP contribution is 2.16. The number of carbonyl (C=O) groups excluding carboxylic acids is 1. The van der Waals surface area contributed by atoms with Crippen molar-refractivity contribution in [3.05, 3.63) is 97.8 Å². The molecule has 2 aromatic heterocycles. The lowest BCUT2D eigenvalue weighted by atomic mass is 10.1. The zero-order chi connectivity index (χ0) is 21.3. The number of amides is 1. The number of halogens is 1. The predicted molar refractivity (Wildman–Crippen MR) is 117 cm³/mol. The van der Waals surface area contributed by atoms with Crippen LogP contribution >= 0.6 is 11.6 Å². The topological polar surface area (TPSA) is 88.9 Å². The first-order valence-electron chi connectivity index (χ1n) is 9.38. The molecule has 4 aromatic rings. The number of aromatic nitrogens is 3. The van der Waals surface area contributed by atoms with Crippen LogP contribution in [0.5, 0.6) is 0 Å². The van der Waals surface area contributed by atoms with Crippen molar-refractivity contribution in [3.63, 3.8) is 0 Å². The maximum absolute atomic E-state index is 13.0. The number of fused-ring (bicyclic) bond motifs is 1. The van der Waals surface area contributed by atoms with Crippen LogP contribution < -0.4 is 16.6 Å². The molecule has 0 aliphatic rings. The van der Waals surface area contributed by atoms with E-state index in [0.29, 0.717) is 23.7 Å². The van der Waals surface area contributed by atoms with E-state index in [2.05, 4.69) is 10.3 Å². The van der Waals surface area contributed by atoms with Crippen LogP contribution in [0, 0.1) is 0 Å². The Morgan fingerprint density at radius 1 is 1.07 bits per heavy atom. The van der Waals surface area contributed by atoms with Crippen molar-refractivity contribution >= 4 is 28.5 Å². The molecule has 0 spiro atoms. The smallest absolute Gasteiger partial charge is 0.333 e. The van der Waals surface area contributed by atoms with Crippen molar-refractivity contribution < 1.29 is 4.79 Å². The minimum Gasteiger partial charge on any atom is -0.352 e. The molecule has 0 saturated carbocycles. The number of carbonyl (C=O) groups is 1. The van der Waals surface area contributed by atoms with Gasteiger partial charge in [0.15, 0.2) is 0 Å². The van der Waals surface area contributed by atoms with E-state index in [-0.39, 0.29) is 22.5 Å². The summed E-state index contributed by atoms with van der Waals surface area (Å²) in [6, 6.07) is 16.2. The van der Waals surface area contributed by atoms with Gasteiger partial charge in [-0.3, -0.25) is 9.59 Å². The Hall–Kier alpha value is -3.58. The summed E-state index contributed by atoms with van der Waals surface area (Å²) in [4.78, 5) is 41.1. The maximum atomic E-state index is 13.0. The molecule has 0 fully saturated rings. The predicted octanol–water partition coefficient (Wildman–Crippen LogP) is 2.64. The van der Waals surface area contributed by atoms with Gasteiger partial charge >= 0.3 is 5.69 Å². The molecule has 2 aromatic carbocycles. The minimum absolute atomic E-state index is 0.218. The standard InChI is InChI=1S/C22H19ClN4O3/c1-26-13-17(20(28)24-12-11-14-5-3-2-4-6-14)18-19(26)21(29)27(22(30)25-18)16-9-7-15(23)8-10-16/h2-10,13H,11-12H2,1H3,(H,24,28)(H,25,30). The van der Waals surface area contributed by atoms with E-state index in [9.17, 15) is 14.4 Å². The normalized spacial score (nSPS) is 11.0. The second kappa shape index (κ2) is 8.04. The molecule has 0 bridgehead atoms. The van der Waals surface area contributed by atoms with Gasteiger partial charge in [-0.2, -0.15) is 0 Å². The first kappa shape index (κ1) is 19.7. The third-order valence-corrected chi connectivity index (χ3v) is 5.15. The SMILES string of the molecule is Cn1cc(C(=O)NCCc2ccccc2)c2[nH]c(=O)n(-c3ccc(Cl)cc3)c(=O)c21. The Morgan fingerprint density at radius 3 is 2.47 bits per heavy atom. The number of H-pyrrole nitrogens is 1. The number of aryl methyl sites for hydroxylation is 1. The van der Waals surface area contributed by atoms with Gasteiger partial charge in [0.1, 0.15) is 5.52 Å². The van der Waals surface area contributed by atoms with Crippen molar-refractivity contribution in [1.29, 1.82) is 0 Å². The molecule has 0 unspecified atom stereocenters. The number of nitrogens with one attached hydrogen (secondary N) is 2. The summed E-state index contributed by atoms with van der Waals surface area (Å²) < 4.78 is 2.57. The molecule has 2 N–H and O–H groups in total. The monoisotopic (exact) mass is 422 g/mol. The molecule has 0 aliphatic heterocycles. The molecule has 1 amide bonds. The highest BCUT2D eigenvalue weighted by Gasteiger charge is 2.20. The van der Waals surface area contributed by atoms with Gasteiger partial charge in [-0.25, -0.2) is 9.36 Å². The lowest BCUT2D eigenvalue weighted by Crippen LogP contribution is -2.34. The van der Waals surface area contributed by atoms with Gasteiger partial charge in [0.05, 0.1) is 16.8 Å². The van der Waals surface area contributed by atoms with E-state index in [0.717, 1.165) is 10.1 Å². The van der Waals surface area contributed by atoms with Crippen LogP contribution in [-0.4, -0.2) is 26.6 Å². The Kier molecular flexibility index (Phi) is 5.29. The first-order chi connectivity index (χ1) is 14.5. The average molecular weight is 423 g/mol. The molecule has 152 valence electrons. The number of nitrogens with zero attached hydrogens (tertiary/aromatic N) is 2. The molecule has 7 nitrogen and oxygen atoms in total. The average Bonchev–Trinajstić information content (AvgIpc) is 3.06. The van der Waals surface area contributed by atoms with Crippen molar-refractivity contribution in [2.75, 3.05) is 6.54 Å². The highest BCUT2D eigenvalue weighted by atomic mass is 35.5. The molecule has 0 aliphatic carbocycles. The van der Waals surface area contributed by atoms with E-state index in [4.69, 9.17) is 11.6 Å². The van der Waals surface area contributed by atoms with E-state index in [1.807, 2.05) is 30.3 Å². The van der Waals surface area contributed by atoms with Gasteiger partial charge in [-0.15, -0.1) is 0 Å². The molecule has 30 heavy (non-hydrogen) atoms. The van der Waals surface area contributed by atoms with Crippen LogP contribution in [0.4, 0.5) is 0 Å². The molecular weight excluding hydrogens is 404 g/mol. The Balaban J connectivity index is 1.67. The van der Waals surface area contributed by atoms with Crippen LogP contribution in [0.2, 0.25) is 5.02 Å². The molecule has 2 heterocycles. The summed E-state index contributed by atoms with van der Waals surface area (Å²) >= 11 is 5.90. The first-order valence-corrected chi connectivity index (χ1v) is 9.76. The van der Waals surface area contributed by atoms with E-state index < -0.39 is 11.2 Å². The van der Waals surface area contributed by atoms with E-state index >= 15 is 0 Å². The summed E-state index contributed by atoms with van der Waals surface area (Å²) in [6.45, 7) is 0.436. The lowest BCUT2D eigenvalue weighted by molar-refractivity contribution is 0.0955. The largest absolute Gasteiger partial charge is 0.352 e. The summed E-state index contributed by atoms with van der Waals surface area (Å²) in [5.41, 5.74) is 1.06. The Labute approximate surface area is 176 Å². The van der Waals surface area contributed by atoms with Crippen LogP contribution in [-0.2, 0) is 13.5 Å². The fraction of sp³-hybridized carbons (Fsp3) is 0.136. The molecule has 8 heteroatoms. The van der Waals surface area contributed by atoms with Gasteiger partial charge < -0.3 is 14.9 Å². The van der Waals surface area contributed by atoms with Gasteiger partial charge in [0, 0.05) is 24.8 Å². The quantitative estimate of drug-likeness (QED) is 0.518. The van der Waals surface area contributed by atoms with Crippen molar-refractivity contribution in [3.8, 4) is 5.69 Å². The molecule has 0 radical (unpaired) electrons. The van der Waals surface area contributed by atoms with Gasteiger partial charge in [0.2, 0.25) is 0 Å². The fourth-order valence-electron chi connectivity index (χ4n) is 3.43. The maximum Gasteiger partial charge on any atom is 0.333 e. The number of benzene rings is 2. The molecular formula is C22H19ClN4O3. The zero-order valence-electron chi connectivity index (χ0n) is 16.2. The van der Waals surface area contributed by atoms with Crippen LogP contribution in [0.3, 0.4) is 0 Å². The second-order valence-corrected chi connectivity index (χ2v) is 7.35. The van der Waals surface area contributed by atoms with Gasteiger partial charge in [0.25, 0.3) is 11.5 Å². The van der Waals surface area contributed by atoms with Crippen molar-refractivity contribution in [1.82, 2.24) is 19.4 Å². The van der Waals surface area contributed by atoms with Crippen LogP contribution in [0.1, 0.15) is 15.9 Å². The third kappa shape index (κ3) is 3.67. The van der Waals surface area contributed by atoms with Crippen molar-refractivity contribution in [2.24, 2.45) is 7.05 Å². The zero-order valence-corrected chi connectivity index (χ0v) is 16.9.